The molecular weight excluding hydrogens is 480 g/mol. The van der Waals surface area contributed by atoms with Crippen LogP contribution in [0.5, 0.6) is 0 Å². The largest absolute Gasteiger partial charge is 0.0629 e. The van der Waals surface area contributed by atoms with Crippen molar-refractivity contribution < 1.29 is 9.60 Å². The predicted molar refractivity (Wildman–Crippen MR) is 173 cm³/mol. The van der Waals surface area contributed by atoms with Crippen LogP contribution in [0.15, 0.2) is 158 Å². The molecule has 0 radical (unpaired) electrons. The van der Waals surface area contributed by atoms with Crippen molar-refractivity contribution in [3.8, 4) is 33.4 Å². The summed E-state index contributed by atoms with van der Waals surface area (Å²) >= 11 is 0. The fourth-order valence-electron chi connectivity index (χ4n) is 6.07. The molecule has 0 aliphatic rings. The van der Waals surface area contributed by atoms with Crippen molar-refractivity contribution in [1.82, 2.24) is 0 Å². The first-order chi connectivity index (χ1) is 22.8. The summed E-state index contributed by atoms with van der Waals surface area (Å²) in [5.74, 6) is 0. The van der Waals surface area contributed by atoms with Crippen LogP contribution in [-0.4, -0.2) is 0 Å². The van der Waals surface area contributed by atoms with Gasteiger partial charge < -0.3 is 0 Å². The van der Waals surface area contributed by atoms with Crippen LogP contribution in [0.25, 0.3) is 76.5 Å². The fourth-order valence-corrected chi connectivity index (χ4v) is 6.07. The van der Waals surface area contributed by atoms with Gasteiger partial charge in [0.2, 0.25) is 0 Å². The molecule has 0 unspecified atom stereocenters. The Morgan fingerprint density at radius 2 is 0.800 bits per heavy atom. The molecule has 8 aromatic carbocycles. The van der Waals surface area contributed by atoms with Crippen molar-refractivity contribution in [2.75, 3.05) is 0 Å². The van der Waals surface area contributed by atoms with Crippen LogP contribution in [0, 0.1) is 0 Å². The molecule has 0 heteroatoms. The van der Waals surface area contributed by atoms with Gasteiger partial charge >= 0.3 is 0 Å². The number of fused-ring (bicyclic) bond motifs is 4. The summed E-state index contributed by atoms with van der Waals surface area (Å²) in [5, 5.41) is 5.64. The normalized spacial score (nSPS) is 13.9. The molecule has 0 spiro atoms. The second kappa shape index (κ2) is 9.22. The van der Waals surface area contributed by atoms with Crippen LogP contribution in [0.4, 0.5) is 0 Å². The van der Waals surface area contributed by atoms with E-state index >= 15 is 0 Å². The predicted octanol–water partition coefficient (Wildman–Crippen LogP) is 11.3. The highest BCUT2D eigenvalue weighted by Crippen LogP contribution is 2.47. The van der Waals surface area contributed by atoms with Crippen molar-refractivity contribution in [2.24, 2.45) is 0 Å². The summed E-state index contributed by atoms with van der Waals surface area (Å²) in [7, 11) is 0. The van der Waals surface area contributed by atoms with Crippen LogP contribution >= 0.6 is 0 Å². The second-order valence-corrected chi connectivity index (χ2v) is 9.91. The Hall–Kier alpha value is -5.20. The monoisotopic (exact) mass is 513 g/mol. The molecule has 186 valence electrons. The summed E-state index contributed by atoms with van der Waals surface area (Å²) in [6.45, 7) is 0. The van der Waals surface area contributed by atoms with E-state index in [9.17, 15) is 0 Å². The minimum absolute atomic E-state index is 0.0493. The van der Waals surface area contributed by atoms with E-state index in [0.717, 1.165) is 54.6 Å². The van der Waals surface area contributed by atoms with Crippen LogP contribution in [0.2, 0.25) is 0 Å². The van der Waals surface area contributed by atoms with Crippen LogP contribution in [0.1, 0.15) is 9.60 Å². The molecule has 0 aliphatic heterocycles. The summed E-state index contributed by atoms with van der Waals surface area (Å²) in [6, 6.07) is 36.2. The van der Waals surface area contributed by atoms with E-state index in [1.54, 1.807) is 0 Å². The van der Waals surface area contributed by atoms with E-state index in [0.29, 0.717) is 5.56 Å². The highest BCUT2D eigenvalue weighted by Gasteiger charge is 2.19. The van der Waals surface area contributed by atoms with Gasteiger partial charge in [0.05, 0.1) is 9.60 Å². The van der Waals surface area contributed by atoms with Gasteiger partial charge in [0.25, 0.3) is 0 Å². The molecule has 0 amide bonds. The van der Waals surface area contributed by atoms with Gasteiger partial charge in [-0.2, -0.15) is 0 Å². The molecule has 40 heavy (non-hydrogen) atoms. The van der Waals surface area contributed by atoms with Crippen molar-refractivity contribution in [2.45, 2.75) is 0 Å². The maximum atomic E-state index is 9.17. The van der Waals surface area contributed by atoms with Gasteiger partial charge in [0, 0.05) is 0 Å². The van der Waals surface area contributed by atoms with E-state index in [2.05, 4.69) is 42.5 Å². The van der Waals surface area contributed by atoms with Gasteiger partial charge in [-0.3, -0.25) is 0 Å². The van der Waals surface area contributed by atoms with Crippen LogP contribution < -0.4 is 0 Å². The first kappa shape index (κ1) is 16.7. The quantitative estimate of drug-likeness (QED) is 0.206. The van der Waals surface area contributed by atoms with Gasteiger partial charge in [-0.1, -0.05) is 158 Å². The molecule has 0 nitrogen and oxygen atoms in total. The Morgan fingerprint density at radius 1 is 0.325 bits per heavy atom. The maximum absolute atomic E-state index is 9.17. The smallest absolute Gasteiger partial charge is 0.0622 e. The first-order valence-corrected chi connectivity index (χ1v) is 13.3. The van der Waals surface area contributed by atoms with E-state index in [-0.39, 0.29) is 46.5 Å². The van der Waals surface area contributed by atoms with Gasteiger partial charge in [0.1, 0.15) is 0 Å². The topological polar surface area (TPSA) is 0 Å². The molecule has 0 bridgehead atoms. The third kappa shape index (κ3) is 3.47. The SMILES string of the molecule is [2H]c1c([2H])c([2H])c2c(-c3c4ccccc4c(-c4ccc(-c5ccccc5)c5ccccc45)c4ccccc34)c([2H])c([2H])c([2H])c2c1[2H]. The maximum Gasteiger partial charge on any atom is 0.0629 e. The average molecular weight is 514 g/mol. The molecule has 8 aromatic rings. The van der Waals surface area contributed by atoms with Gasteiger partial charge in [-0.05, 0) is 76.5 Å². The standard InChI is InChI=1S/C40H26/c1-2-13-27(14-3-1)30-25-26-38(32-19-7-6-18-31(30)32)40-36-22-10-8-20-34(36)39(35-21-9-11-23-37(35)40)33-24-12-16-28-15-4-5-17-29(28)33/h1-26H/i4D,5D,12D,15D,16D,17D,24D. The van der Waals surface area contributed by atoms with E-state index in [4.69, 9.17) is 9.60 Å². The molecule has 0 aromatic heterocycles. The zero-order valence-electron chi connectivity index (χ0n) is 28.5. The molecule has 0 N–H and O–H groups in total. The molecule has 0 atom stereocenters. The number of hydrogen-bond acceptors (Lipinski definition) is 0. The number of hydrogen-bond donors (Lipinski definition) is 0. The first-order valence-electron chi connectivity index (χ1n) is 16.8. The van der Waals surface area contributed by atoms with Gasteiger partial charge in [-0.25, -0.2) is 0 Å². The third-order valence-corrected chi connectivity index (χ3v) is 7.77. The van der Waals surface area contributed by atoms with Crippen LogP contribution in [0.3, 0.4) is 0 Å². The summed E-state index contributed by atoms with van der Waals surface area (Å²) in [4.78, 5) is 0. The van der Waals surface area contributed by atoms with Gasteiger partial charge in [0.15, 0.2) is 0 Å². The third-order valence-electron chi connectivity index (χ3n) is 7.77. The summed E-state index contributed by atoms with van der Waals surface area (Å²) in [5.41, 5.74) is 5.16. The second-order valence-electron chi connectivity index (χ2n) is 9.91. The fraction of sp³-hybridized carbons (Fsp3) is 0. The lowest BCUT2D eigenvalue weighted by Crippen LogP contribution is -1.93. The summed E-state index contributed by atoms with van der Waals surface area (Å²) in [6.07, 6.45) is 0. The molecule has 0 heterocycles. The molecule has 0 saturated carbocycles. The van der Waals surface area contributed by atoms with Crippen molar-refractivity contribution in [3.05, 3.63) is 158 Å². The zero-order chi connectivity index (χ0) is 32.6. The highest BCUT2D eigenvalue weighted by molar-refractivity contribution is 6.25. The Labute approximate surface area is 243 Å². The molecule has 0 saturated heterocycles. The molecule has 8 rings (SSSR count). The van der Waals surface area contributed by atoms with Crippen molar-refractivity contribution >= 4 is 43.1 Å². The average Bonchev–Trinajstić information content (AvgIpc) is 3.11. The minimum Gasteiger partial charge on any atom is -0.0622 e. The number of benzene rings is 8. The van der Waals surface area contributed by atoms with Crippen molar-refractivity contribution in [1.29, 1.82) is 0 Å². The van der Waals surface area contributed by atoms with Crippen LogP contribution in [-0.2, 0) is 0 Å². The highest BCUT2D eigenvalue weighted by atomic mass is 14.2. The zero-order valence-corrected chi connectivity index (χ0v) is 21.5. The minimum atomic E-state index is -0.463. The molecule has 0 fully saturated rings. The Morgan fingerprint density at radius 3 is 1.45 bits per heavy atom. The summed E-state index contributed by atoms with van der Waals surface area (Å²) < 4.78 is 61.0. The van der Waals surface area contributed by atoms with E-state index < -0.39 is 12.1 Å². The van der Waals surface area contributed by atoms with Gasteiger partial charge in [-0.15, -0.1) is 0 Å². The Kier molecular flexibility index (Phi) is 3.85. The molecular formula is C40H26. The van der Waals surface area contributed by atoms with Crippen molar-refractivity contribution in [3.63, 3.8) is 0 Å². The Balaban J connectivity index is 1.56. The van der Waals surface area contributed by atoms with E-state index in [1.165, 1.54) is 0 Å². The van der Waals surface area contributed by atoms with E-state index in [1.807, 2.05) is 72.8 Å². The lowest BCUT2D eigenvalue weighted by molar-refractivity contribution is 1.64. The lowest BCUT2D eigenvalue weighted by Gasteiger charge is -2.20. The lowest BCUT2D eigenvalue weighted by atomic mass is 9.83. The number of rotatable bonds is 3. The Bertz CT molecular complexity index is 2530. The molecule has 0 aliphatic carbocycles.